The van der Waals surface area contributed by atoms with Gasteiger partial charge in [-0.25, -0.2) is 4.79 Å². The average molecular weight is 385 g/mol. The van der Waals surface area contributed by atoms with E-state index in [1.165, 1.54) is 6.07 Å². The van der Waals surface area contributed by atoms with Crippen molar-refractivity contribution in [3.8, 4) is 16.9 Å². The third kappa shape index (κ3) is 4.19. The maximum absolute atomic E-state index is 12.4. The second-order valence-corrected chi connectivity index (χ2v) is 6.62. The van der Waals surface area contributed by atoms with Crippen molar-refractivity contribution < 1.29 is 13.9 Å². The zero-order valence-electron chi connectivity index (χ0n) is 15.8. The summed E-state index contributed by atoms with van der Waals surface area (Å²) in [5.41, 5.74) is 2.38. The van der Waals surface area contributed by atoms with Gasteiger partial charge in [-0.2, -0.15) is 0 Å². The summed E-state index contributed by atoms with van der Waals surface area (Å²) in [4.78, 5) is 24.4. The zero-order valence-corrected chi connectivity index (χ0v) is 15.8. The first-order valence-electron chi connectivity index (χ1n) is 9.26. The van der Waals surface area contributed by atoms with Gasteiger partial charge >= 0.3 is 5.63 Å². The minimum atomic E-state index is -0.725. The highest BCUT2D eigenvalue weighted by Crippen LogP contribution is 2.29. The zero-order chi connectivity index (χ0) is 20.2. The molecule has 1 N–H and O–H groups in total. The fourth-order valence-electron chi connectivity index (χ4n) is 3.10. The van der Waals surface area contributed by atoms with Gasteiger partial charge < -0.3 is 14.5 Å². The Morgan fingerprint density at radius 3 is 2.34 bits per heavy atom. The fraction of sp³-hybridized carbons (Fsp3) is 0.0833. The molecule has 0 aliphatic carbocycles. The number of amides is 1. The van der Waals surface area contributed by atoms with E-state index in [1.807, 2.05) is 54.6 Å². The van der Waals surface area contributed by atoms with Crippen molar-refractivity contribution in [3.05, 3.63) is 95.3 Å². The molecule has 0 bridgehead atoms. The number of para-hydroxylation sites is 1. The summed E-state index contributed by atoms with van der Waals surface area (Å²) in [6.45, 7) is 1.67. The van der Waals surface area contributed by atoms with Crippen molar-refractivity contribution in [1.29, 1.82) is 0 Å². The van der Waals surface area contributed by atoms with Crippen molar-refractivity contribution in [2.24, 2.45) is 0 Å². The van der Waals surface area contributed by atoms with Crippen molar-refractivity contribution in [1.82, 2.24) is 0 Å². The Kier molecular flexibility index (Phi) is 5.12. The van der Waals surface area contributed by atoms with Crippen LogP contribution in [0.25, 0.3) is 22.1 Å². The van der Waals surface area contributed by atoms with Gasteiger partial charge in [0.15, 0.2) is 6.10 Å². The Morgan fingerprint density at radius 2 is 1.62 bits per heavy atom. The van der Waals surface area contributed by atoms with Gasteiger partial charge in [-0.05, 0) is 42.3 Å². The van der Waals surface area contributed by atoms with Crippen LogP contribution in [0.4, 0.5) is 5.69 Å². The van der Waals surface area contributed by atoms with E-state index in [1.54, 1.807) is 31.2 Å². The molecule has 5 heteroatoms. The Bertz CT molecular complexity index is 1200. The van der Waals surface area contributed by atoms with Crippen molar-refractivity contribution in [2.75, 3.05) is 5.32 Å². The molecule has 29 heavy (non-hydrogen) atoms. The van der Waals surface area contributed by atoms with Crippen LogP contribution in [0, 0.1) is 0 Å². The van der Waals surface area contributed by atoms with E-state index < -0.39 is 11.7 Å². The van der Waals surface area contributed by atoms with E-state index >= 15 is 0 Å². The molecule has 4 rings (SSSR count). The predicted molar refractivity (Wildman–Crippen MR) is 113 cm³/mol. The number of fused-ring (bicyclic) bond motifs is 1. The maximum Gasteiger partial charge on any atom is 0.336 e. The molecule has 1 unspecified atom stereocenters. The van der Waals surface area contributed by atoms with Crippen molar-refractivity contribution in [2.45, 2.75) is 13.0 Å². The van der Waals surface area contributed by atoms with Crippen LogP contribution in [-0.4, -0.2) is 12.0 Å². The van der Waals surface area contributed by atoms with Gasteiger partial charge in [0, 0.05) is 23.2 Å². The minimum absolute atomic E-state index is 0.268. The third-order valence-electron chi connectivity index (χ3n) is 4.52. The first-order valence-corrected chi connectivity index (χ1v) is 9.26. The number of rotatable bonds is 5. The standard InChI is InChI=1S/C24H19NO4/c1-16(24(27)25-18-10-6-3-7-11-18)28-19-12-13-20-21(17-8-4-2-5-9-17)15-23(26)29-22(20)14-19/h2-16H,1H3,(H,25,27). The molecule has 1 amide bonds. The molecule has 0 saturated heterocycles. The monoisotopic (exact) mass is 385 g/mol. The Balaban J connectivity index is 1.59. The highest BCUT2D eigenvalue weighted by Gasteiger charge is 2.16. The van der Waals surface area contributed by atoms with E-state index in [4.69, 9.17) is 9.15 Å². The van der Waals surface area contributed by atoms with Crippen molar-refractivity contribution >= 4 is 22.6 Å². The SMILES string of the molecule is CC(Oc1ccc2c(-c3ccccc3)cc(=O)oc2c1)C(=O)Nc1ccccc1. The molecule has 5 nitrogen and oxygen atoms in total. The number of ether oxygens (including phenoxy) is 1. The lowest BCUT2D eigenvalue weighted by molar-refractivity contribution is -0.122. The lowest BCUT2D eigenvalue weighted by Gasteiger charge is -2.15. The van der Waals surface area contributed by atoms with E-state index in [0.717, 1.165) is 16.5 Å². The molecule has 0 aliphatic heterocycles. The Morgan fingerprint density at radius 1 is 0.931 bits per heavy atom. The van der Waals surface area contributed by atoms with E-state index in [0.29, 0.717) is 17.0 Å². The normalized spacial score (nSPS) is 11.8. The third-order valence-corrected chi connectivity index (χ3v) is 4.52. The van der Waals surface area contributed by atoms with Gasteiger partial charge in [0.1, 0.15) is 11.3 Å². The average Bonchev–Trinajstić information content (AvgIpc) is 2.74. The van der Waals surface area contributed by atoms with Crippen LogP contribution in [-0.2, 0) is 4.79 Å². The van der Waals surface area contributed by atoms with Gasteiger partial charge in [-0.3, -0.25) is 4.79 Å². The van der Waals surface area contributed by atoms with E-state index in [-0.39, 0.29) is 5.91 Å². The van der Waals surface area contributed by atoms with Gasteiger partial charge in [-0.1, -0.05) is 48.5 Å². The van der Waals surface area contributed by atoms with Crippen LogP contribution in [0.15, 0.2) is 94.1 Å². The van der Waals surface area contributed by atoms with Crippen LogP contribution >= 0.6 is 0 Å². The summed E-state index contributed by atoms with van der Waals surface area (Å²) in [7, 11) is 0. The van der Waals surface area contributed by atoms with Crippen LogP contribution < -0.4 is 15.7 Å². The van der Waals surface area contributed by atoms with Crippen molar-refractivity contribution in [3.63, 3.8) is 0 Å². The van der Waals surface area contributed by atoms with Gasteiger partial charge in [0.2, 0.25) is 0 Å². The summed E-state index contributed by atoms with van der Waals surface area (Å²) in [5, 5.41) is 3.60. The molecule has 3 aromatic carbocycles. The number of nitrogens with one attached hydrogen (secondary N) is 1. The Hall–Kier alpha value is -3.86. The van der Waals surface area contributed by atoms with Crippen LogP contribution in [0.1, 0.15) is 6.92 Å². The number of hydrogen-bond donors (Lipinski definition) is 1. The summed E-state index contributed by atoms with van der Waals surface area (Å²) in [6, 6.07) is 25.5. The largest absolute Gasteiger partial charge is 0.481 e. The number of anilines is 1. The van der Waals surface area contributed by atoms with E-state index in [2.05, 4.69) is 5.32 Å². The molecular weight excluding hydrogens is 366 g/mol. The second kappa shape index (κ2) is 8.02. The van der Waals surface area contributed by atoms with Crippen LogP contribution in [0.3, 0.4) is 0 Å². The summed E-state index contributed by atoms with van der Waals surface area (Å²) >= 11 is 0. The maximum atomic E-state index is 12.4. The highest BCUT2D eigenvalue weighted by molar-refractivity contribution is 5.95. The molecule has 4 aromatic rings. The molecule has 0 saturated carbocycles. The first-order chi connectivity index (χ1) is 14.1. The number of hydrogen-bond acceptors (Lipinski definition) is 4. The number of benzene rings is 3. The first kappa shape index (κ1) is 18.5. The molecule has 1 atom stereocenters. The van der Waals surface area contributed by atoms with Gasteiger partial charge in [-0.15, -0.1) is 0 Å². The van der Waals surface area contributed by atoms with Gasteiger partial charge in [0.05, 0.1) is 0 Å². The lowest BCUT2D eigenvalue weighted by atomic mass is 10.0. The molecule has 1 heterocycles. The minimum Gasteiger partial charge on any atom is -0.481 e. The van der Waals surface area contributed by atoms with Gasteiger partial charge in [0.25, 0.3) is 5.91 Å². The smallest absolute Gasteiger partial charge is 0.336 e. The number of carbonyl (C=O) groups is 1. The molecule has 0 fully saturated rings. The molecular formula is C24H19NO4. The number of carbonyl (C=O) groups excluding carboxylic acids is 1. The molecule has 0 aliphatic rings. The van der Waals surface area contributed by atoms with Crippen LogP contribution in [0.5, 0.6) is 5.75 Å². The van der Waals surface area contributed by atoms with E-state index in [9.17, 15) is 9.59 Å². The quantitative estimate of drug-likeness (QED) is 0.498. The summed E-state index contributed by atoms with van der Waals surface area (Å²) in [5.74, 6) is 0.178. The summed E-state index contributed by atoms with van der Waals surface area (Å²) in [6.07, 6.45) is -0.725. The molecule has 144 valence electrons. The molecule has 1 aromatic heterocycles. The molecule has 0 radical (unpaired) electrons. The summed E-state index contributed by atoms with van der Waals surface area (Å²) < 4.78 is 11.1. The highest BCUT2D eigenvalue weighted by atomic mass is 16.5. The topological polar surface area (TPSA) is 68.5 Å². The second-order valence-electron chi connectivity index (χ2n) is 6.62. The lowest BCUT2D eigenvalue weighted by Crippen LogP contribution is -2.30. The predicted octanol–water partition coefficient (Wildman–Crippen LogP) is 4.87. The fourth-order valence-corrected chi connectivity index (χ4v) is 3.10. The van der Waals surface area contributed by atoms with Crippen LogP contribution in [0.2, 0.25) is 0 Å². The Labute approximate surface area is 167 Å². The molecule has 0 spiro atoms.